The van der Waals surface area contributed by atoms with Gasteiger partial charge >= 0.3 is 0 Å². The van der Waals surface area contributed by atoms with E-state index in [0.717, 1.165) is 79.8 Å². The Morgan fingerprint density at radius 3 is 2.61 bits per heavy atom. The number of nitrogens with zero attached hydrogens (tertiary/aromatic N) is 5. The van der Waals surface area contributed by atoms with E-state index in [1.165, 1.54) is 24.8 Å². The quantitative estimate of drug-likeness (QED) is 0.408. The third kappa shape index (κ3) is 5.93. The van der Waals surface area contributed by atoms with Crippen molar-refractivity contribution in [2.24, 2.45) is 17.8 Å². The summed E-state index contributed by atoms with van der Waals surface area (Å²) in [6, 6.07) is 12.1. The van der Waals surface area contributed by atoms with E-state index in [0.29, 0.717) is 18.0 Å². The van der Waals surface area contributed by atoms with E-state index < -0.39 is 0 Å². The average Bonchev–Trinajstić information content (AvgIpc) is 3.74. The fraction of sp³-hybridized carbons (Fsp3) is 0.467. The third-order valence-corrected chi connectivity index (χ3v) is 8.57. The van der Waals surface area contributed by atoms with Gasteiger partial charge in [-0.25, -0.2) is 9.97 Å². The van der Waals surface area contributed by atoms with E-state index in [-0.39, 0.29) is 5.91 Å². The molecule has 7 nitrogen and oxygen atoms in total. The maximum atomic E-state index is 12.8. The van der Waals surface area contributed by atoms with Gasteiger partial charge in [0.2, 0.25) is 11.9 Å². The molecule has 0 spiro atoms. The molecule has 1 aliphatic carbocycles. The van der Waals surface area contributed by atoms with E-state index in [1.54, 1.807) is 18.6 Å². The van der Waals surface area contributed by atoms with Crippen molar-refractivity contribution in [2.75, 3.05) is 31.1 Å². The normalized spacial score (nSPS) is 21.2. The summed E-state index contributed by atoms with van der Waals surface area (Å²) in [6.07, 6.45) is 11.3. The Morgan fingerprint density at radius 1 is 1.03 bits per heavy atom. The predicted octanol–water partition coefficient (Wildman–Crippen LogP) is 4.97. The van der Waals surface area contributed by atoms with Gasteiger partial charge in [-0.15, -0.1) is 0 Å². The first-order valence-corrected chi connectivity index (χ1v) is 14.1. The van der Waals surface area contributed by atoms with Crippen LogP contribution in [0.25, 0.3) is 0 Å². The summed E-state index contributed by atoms with van der Waals surface area (Å²) >= 11 is 5.92. The van der Waals surface area contributed by atoms with Crippen LogP contribution in [-0.4, -0.2) is 52.0 Å². The molecule has 3 aliphatic rings. The van der Waals surface area contributed by atoms with Crippen LogP contribution in [-0.2, 0) is 24.2 Å². The highest BCUT2D eigenvalue weighted by Gasteiger charge is 2.43. The largest absolute Gasteiger partial charge is 0.494 e. The number of hydrogen-bond acceptors (Lipinski definition) is 6. The van der Waals surface area contributed by atoms with E-state index in [2.05, 4.69) is 25.9 Å². The number of carbonyl (C=O) groups is 1. The molecule has 6 rings (SSSR count). The van der Waals surface area contributed by atoms with Gasteiger partial charge in [-0.1, -0.05) is 29.8 Å². The number of benzene rings is 1. The first kappa shape index (κ1) is 25.1. The van der Waals surface area contributed by atoms with Gasteiger partial charge in [-0.05, 0) is 79.2 Å². The number of aromatic nitrogens is 3. The Morgan fingerprint density at radius 2 is 1.82 bits per heavy atom. The first-order chi connectivity index (χ1) is 18.6. The number of halogens is 1. The van der Waals surface area contributed by atoms with Gasteiger partial charge in [0.25, 0.3) is 0 Å². The minimum Gasteiger partial charge on any atom is -0.494 e. The molecule has 2 unspecified atom stereocenters. The lowest BCUT2D eigenvalue weighted by molar-refractivity contribution is -0.131. The van der Waals surface area contributed by atoms with Crippen molar-refractivity contribution < 1.29 is 9.53 Å². The molecule has 3 aromatic rings. The molecule has 8 heteroatoms. The van der Waals surface area contributed by atoms with Crippen LogP contribution >= 0.6 is 11.6 Å². The van der Waals surface area contributed by atoms with Gasteiger partial charge in [0.15, 0.2) is 0 Å². The van der Waals surface area contributed by atoms with Gasteiger partial charge < -0.3 is 14.5 Å². The van der Waals surface area contributed by atoms with Crippen molar-refractivity contribution in [1.29, 1.82) is 0 Å². The van der Waals surface area contributed by atoms with Crippen molar-refractivity contribution in [3.63, 3.8) is 0 Å². The second-order valence-corrected chi connectivity index (χ2v) is 11.3. The van der Waals surface area contributed by atoms with Crippen molar-refractivity contribution in [3.05, 3.63) is 76.8 Å². The van der Waals surface area contributed by atoms with Gasteiger partial charge in [0.1, 0.15) is 5.75 Å². The zero-order chi connectivity index (χ0) is 25.9. The lowest BCUT2D eigenvalue weighted by Gasteiger charge is -2.32. The summed E-state index contributed by atoms with van der Waals surface area (Å²) in [5.74, 6) is 4.23. The molecule has 1 saturated carbocycles. The number of ether oxygens (including phenoxy) is 1. The summed E-state index contributed by atoms with van der Waals surface area (Å²) in [5.41, 5.74) is 3.30. The molecule has 2 aliphatic heterocycles. The number of piperidine rings is 1. The van der Waals surface area contributed by atoms with Crippen molar-refractivity contribution >= 4 is 23.5 Å². The van der Waals surface area contributed by atoms with Gasteiger partial charge in [0, 0.05) is 25.8 Å². The highest BCUT2D eigenvalue weighted by Crippen LogP contribution is 2.49. The number of anilines is 1. The molecule has 2 fully saturated rings. The highest BCUT2D eigenvalue weighted by molar-refractivity contribution is 6.30. The number of amides is 1. The molecule has 4 heterocycles. The molecule has 1 saturated heterocycles. The maximum Gasteiger partial charge on any atom is 0.227 e. The van der Waals surface area contributed by atoms with Gasteiger partial charge in [0.05, 0.1) is 42.7 Å². The minimum absolute atomic E-state index is 0.154. The number of hydrogen-bond donors (Lipinski definition) is 0. The van der Waals surface area contributed by atoms with Crippen LogP contribution in [0.4, 0.5) is 5.95 Å². The van der Waals surface area contributed by atoms with Crippen LogP contribution < -0.4 is 9.64 Å². The maximum absolute atomic E-state index is 12.8. The molecule has 0 N–H and O–H groups in total. The number of fused-ring (bicyclic) bond motifs is 1. The zero-order valence-corrected chi connectivity index (χ0v) is 22.4. The Balaban J connectivity index is 0.899. The molecule has 0 radical (unpaired) electrons. The van der Waals surface area contributed by atoms with Crippen molar-refractivity contribution in [1.82, 2.24) is 19.9 Å². The molecule has 1 aromatic carbocycles. The second-order valence-electron chi connectivity index (χ2n) is 10.8. The second kappa shape index (κ2) is 11.3. The van der Waals surface area contributed by atoms with Crippen LogP contribution in [0.1, 0.15) is 42.5 Å². The molecule has 2 atom stereocenters. The van der Waals surface area contributed by atoms with Gasteiger partial charge in [-0.2, -0.15) is 0 Å². The Labute approximate surface area is 229 Å². The average molecular weight is 532 g/mol. The molecule has 198 valence electrons. The Kier molecular flexibility index (Phi) is 7.45. The lowest BCUT2D eigenvalue weighted by atomic mass is 9.90. The van der Waals surface area contributed by atoms with Crippen LogP contribution in [0.2, 0.25) is 5.02 Å². The fourth-order valence-corrected chi connectivity index (χ4v) is 6.16. The number of rotatable bonds is 8. The fourth-order valence-electron chi connectivity index (χ4n) is 6.06. The minimum atomic E-state index is 0.154. The number of pyridine rings is 1. The summed E-state index contributed by atoms with van der Waals surface area (Å²) in [5, 5.41) is 0.579. The summed E-state index contributed by atoms with van der Waals surface area (Å²) < 4.78 is 6.05. The first-order valence-electron chi connectivity index (χ1n) is 13.8. The van der Waals surface area contributed by atoms with Crippen LogP contribution in [0.3, 0.4) is 0 Å². The highest BCUT2D eigenvalue weighted by atomic mass is 35.5. The standard InChI is InChI=1S/C30H34ClN5O2/c31-25-18-33-30(34-19-25)35-12-7-22(8-13-35)27-17-24(27)10-15-38-26-5-3-21(4-6-26)16-29(37)36-14-9-23-2-1-11-32-28(23)20-36/h1-6,11,18-19,22,24,27H,7-10,12-17,20H2. The van der Waals surface area contributed by atoms with E-state index in [4.69, 9.17) is 16.3 Å². The smallest absolute Gasteiger partial charge is 0.227 e. The molecular weight excluding hydrogens is 498 g/mol. The summed E-state index contributed by atoms with van der Waals surface area (Å²) in [7, 11) is 0. The molecule has 2 aromatic heterocycles. The molecule has 0 bridgehead atoms. The lowest BCUT2D eigenvalue weighted by Crippen LogP contribution is -2.37. The summed E-state index contributed by atoms with van der Waals surface area (Å²) in [4.78, 5) is 30.2. The molecular formula is C30H34ClN5O2. The van der Waals surface area contributed by atoms with Crippen LogP contribution in [0.15, 0.2) is 55.0 Å². The van der Waals surface area contributed by atoms with E-state index in [9.17, 15) is 4.79 Å². The topological polar surface area (TPSA) is 71.5 Å². The number of carbonyl (C=O) groups excluding carboxylic acids is 1. The predicted molar refractivity (Wildman–Crippen MR) is 147 cm³/mol. The van der Waals surface area contributed by atoms with Crippen molar-refractivity contribution in [3.8, 4) is 5.75 Å². The van der Waals surface area contributed by atoms with E-state index in [1.807, 2.05) is 35.2 Å². The monoisotopic (exact) mass is 531 g/mol. The van der Waals surface area contributed by atoms with E-state index >= 15 is 0 Å². The van der Waals surface area contributed by atoms with Gasteiger partial charge in [-0.3, -0.25) is 9.78 Å². The summed E-state index contributed by atoms with van der Waals surface area (Å²) in [6.45, 7) is 4.15. The van der Waals surface area contributed by atoms with Crippen LogP contribution in [0, 0.1) is 17.8 Å². The SMILES string of the molecule is O=C(Cc1ccc(OCCC2CC2C2CCN(c3ncc(Cl)cn3)CC2)cc1)N1CCc2cccnc2C1. The Hall–Kier alpha value is -3.19. The Bertz CT molecular complexity index is 1240. The molecule has 38 heavy (non-hydrogen) atoms. The van der Waals surface area contributed by atoms with Crippen LogP contribution in [0.5, 0.6) is 5.75 Å². The van der Waals surface area contributed by atoms with Crippen molar-refractivity contribution in [2.45, 2.75) is 45.1 Å². The zero-order valence-electron chi connectivity index (χ0n) is 21.6. The third-order valence-electron chi connectivity index (χ3n) is 8.38. The molecule has 1 amide bonds.